The lowest BCUT2D eigenvalue weighted by atomic mass is 10.0. The molecule has 1 amide bonds. The summed E-state index contributed by atoms with van der Waals surface area (Å²) in [5.74, 6) is 0.842. The number of hydrogen-bond acceptors (Lipinski definition) is 4. The van der Waals surface area contributed by atoms with Gasteiger partial charge in [-0.25, -0.2) is 4.98 Å². The van der Waals surface area contributed by atoms with E-state index in [4.69, 9.17) is 16.6 Å². The highest BCUT2D eigenvalue weighted by molar-refractivity contribution is 7.80. The molecule has 0 saturated heterocycles. The first-order valence-electron chi connectivity index (χ1n) is 10.8. The molecule has 6 heteroatoms. The number of fused-ring (bicyclic) bond motifs is 1. The Hall–Kier alpha value is -3.77. The molecule has 4 rings (SSSR count). The quantitative estimate of drug-likeness (QED) is 0.273. The Morgan fingerprint density at radius 3 is 2.55 bits per heavy atom. The largest absolute Gasteiger partial charge is 0.440 e. The first kappa shape index (κ1) is 22.4. The van der Waals surface area contributed by atoms with Gasteiger partial charge >= 0.3 is 0 Å². The fraction of sp³-hybridized carbons (Fsp3) is 0.148. The SMILES string of the molecule is CC(C)c1ccc2oc(Cc3ccc(NC(=S)NC(=O)/C=C/c4ccccc4)cc3)nc2c1. The van der Waals surface area contributed by atoms with Crippen LogP contribution in [0.25, 0.3) is 17.2 Å². The van der Waals surface area contributed by atoms with Gasteiger partial charge in [0, 0.05) is 18.2 Å². The van der Waals surface area contributed by atoms with Crippen LogP contribution in [0.3, 0.4) is 0 Å². The van der Waals surface area contributed by atoms with Crippen LogP contribution >= 0.6 is 12.2 Å². The molecule has 0 aliphatic heterocycles. The van der Waals surface area contributed by atoms with Crippen LogP contribution in [0.2, 0.25) is 0 Å². The summed E-state index contributed by atoms with van der Waals surface area (Å²) < 4.78 is 5.90. The van der Waals surface area contributed by atoms with Gasteiger partial charge in [-0.2, -0.15) is 0 Å². The average molecular weight is 456 g/mol. The molecule has 0 unspecified atom stereocenters. The number of rotatable bonds is 6. The molecule has 4 aromatic rings. The first-order chi connectivity index (χ1) is 16.0. The van der Waals surface area contributed by atoms with E-state index >= 15 is 0 Å². The van der Waals surface area contributed by atoms with Crippen LogP contribution in [-0.4, -0.2) is 16.0 Å². The Balaban J connectivity index is 1.32. The van der Waals surface area contributed by atoms with Crippen molar-refractivity contribution >= 4 is 46.1 Å². The van der Waals surface area contributed by atoms with E-state index in [0.29, 0.717) is 18.2 Å². The topological polar surface area (TPSA) is 67.2 Å². The van der Waals surface area contributed by atoms with Crippen molar-refractivity contribution in [2.24, 2.45) is 0 Å². The molecule has 1 heterocycles. The summed E-state index contributed by atoms with van der Waals surface area (Å²) in [7, 11) is 0. The second-order valence-corrected chi connectivity index (χ2v) is 8.46. The third kappa shape index (κ3) is 6.14. The predicted octanol–water partition coefficient (Wildman–Crippen LogP) is 6.07. The average Bonchev–Trinajstić information content (AvgIpc) is 3.21. The van der Waals surface area contributed by atoms with Crippen molar-refractivity contribution in [2.45, 2.75) is 26.2 Å². The van der Waals surface area contributed by atoms with Crippen LogP contribution in [0.4, 0.5) is 5.69 Å². The van der Waals surface area contributed by atoms with E-state index in [1.54, 1.807) is 6.08 Å². The molecule has 0 fully saturated rings. The van der Waals surface area contributed by atoms with Gasteiger partial charge in [0.15, 0.2) is 16.6 Å². The van der Waals surface area contributed by atoms with Gasteiger partial charge in [-0.05, 0) is 65.2 Å². The number of nitrogens with one attached hydrogen (secondary N) is 2. The summed E-state index contributed by atoms with van der Waals surface area (Å²) in [4.78, 5) is 16.7. The maximum Gasteiger partial charge on any atom is 0.250 e. The molecule has 166 valence electrons. The molecule has 1 aromatic heterocycles. The number of oxazole rings is 1. The van der Waals surface area contributed by atoms with Gasteiger partial charge in [-0.15, -0.1) is 0 Å². The number of carbonyl (C=O) groups is 1. The minimum Gasteiger partial charge on any atom is -0.440 e. The zero-order chi connectivity index (χ0) is 23.2. The van der Waals surface area contributed by atoms with Gasteiger partial charge in [0.2, 0.25) is 5.91 Å². The first-order valence-corrected chi connectivity index (χ1v) is 11.2. The molecule has 0 saturated carbocycles. The molecule has 0 aliphatic rings. The number of benzene rings is 3. The lowest BCUT2D eigenvalue weighted by Crippen LogP contribution is -2.32. The minimum absolute atomic E-state index is 0.241. The summed E-state index contributed by atoms with van der Waals surface area (Å²) >= 11 is 5.24. The highest BCUT2D eigenvalue weighted by atomic mass is 32.1. The molecular formula is C27H25N3O2S. The Bertz CT molecular complexity index is 1290. The third-order valence-corrected chi connectivity index (χ3v) is 5.36. The monoisotopic (exact) mass is 455 g/mol. The predicted molar refractivity (Wildman–Crippen MR) is 137 cm³/mol. The van der Waals surface area contributed by atoms with E-state index in [-0.39, 0.29) is 11.0 Å². The molecule has 0 aliphatic carbocycles. The van der Waals surface area contributed by atoms with E-state index in [1.165, 1.54) is 11.6 Å². The fourth-order valence-corrected chi connectivity index (χ4v) is 3.58. The van der Waals surface area contributed by atoms with Crippen molar-refractivity contribution in [1.82, 2.24) is 10.3 Å². The second kappa shape index (κ2) is 10.2. The number of nitrogens with zero attached hydrogens (tertiary/aromatic N) is 1. The summed E-state index contributed by atoms with van der Waals surface area (Å²) in [5.41, 5.74) is 5.73. The third-order valence-electron chi connectivity index (χ3n) is 5.15. The zero-order valence-corrected chi connectivity index (χ0v) is 19.4. The standard InChI is InChI=1S/C27H25N3O2S/c1-18(2)21-11-14-24-23(17-21)29-26(32-24)16-20-8-12-22(13-9-20)28-27(33)30-25(31)15-10-19-6-4-3-5-7-19/h3-15,17-18H,16H2,1-2H3,(H2,28,30,31,33)/b15-10+. The van der Waals surface area contributed by atoms with Crippen molar-refractivity contribution in [3.05, 3.63) is 101 Å². The number of hydrogen-bond donors (Lipinski definition) is 2. The molecule has 33 heavy (non-hydrogen) atoms. The van der Waals surface area contributed by atoms with Crippen LogP contribution in [0.15, 0.2) is 83.3 Å². The van der Waals surface area contributed by atoms with E-state index in [2.05, 4.69) is 41.6 Å². The maximum atomic E-state index is 12.1. The summed E-state index contributed by atoms with van der Waals surface area (Å²) in [6.07, 6.45) is 3.79. The van der Waals surface area contributed by atoms with Crippen LogP contribution in [0.5, 0.6) is 0 Å². The van der Waals surface area contributed by atoms with Crippen molar-refractivity contribution in [3.8, 4) is 0 Å². The molecule has 0 bridgehead atoms. The number of anilines is 1. The number of amides is 1. The minimum atomic E-state index is -0.287. The molecule has 0 radical (unpaired) electrons. The lowest BCUT2D eigenvalue weighted by Gasteiger charge is -2.08. The zero-order valence-electron chi connectivity index (χ0n) is 18.5. The Labute approximate surface area is 198 Å². The lowest BCUT2D eigenvalue weighted by molar-refractivity contribution is -0.115. The van der Waals surface area contributed by atoms with Gasteiger partial charge < -0.3 is 9.73 Å². The normalized spacial score (nSPS) is 11.2. The Morgan fingerprint density at radius 2 is 1.82 bits per heavy atom. The van der Waals surface area contributed by atoms with E-state index in [0.717, 1.165) is 27.9 Å². The van der Waals surface area contributed by atoms with Crippen molar-refractivity contribution in [3.63, 3.8) is 0 Å². The van der Waals surface area contributed by atoms with Crippen molar-refractivity contribution in [1.29, 1.82) is 0 Å². The van der Waals surface area contributed by atoms with Gasteiger partial charge in [0.1, 0.15) is 5.52 Å². The fourth-order valence-electron chi connectivity index (χ4n) is 3.36. The summed E-state index contributed by atoms with van der Waals surface area (Å²) in [5, 5.41) is 5.92. The van der Waals surface area contributed by atoms with Crippen LogP contribution in [0.1, 0.15) is 42.3 Å². The Morgan fingerprint density at radius 1 is 1.06 bits per heavy atom. The van der Waals surface area contributed by atoms with E-state index < -0.39 is 0 Å². The molecule has 3 aromatic carbocycles. The van der Waals surface area contributed by atoms with Crippen molar-refractivity contribution in [2.75, 3.05) is 5.32 Å². The molecule has 0 atom stereocenters. The van der Waals surface area contributed by atoms with E-state index in [9.17, 15) is 4.79 Å². The Kier molecular flexibility index (Phi) is 6.95. The summed E-state index contributed by atoms with van der Waals surface area (Å²) in [6, 6.07) is 23.5. The van der Waals surface area contributed by atoms with Crippen LogP contribution in [-0.2, 0) is 11.2 Å². The van der Waals surface area contributed by atoms with Gasteiger partial charge in [0.25, 0.3) is 0 Å². The van der Waals surface area contributed by atoms with Crippen LogP contribution in [0, 0.1) is 0 Å². The van der Waals surface area contributed by atoms with Gasteiger partial charge in [-0.3, -0.25) is 10.1 Å². The summed E-state index contributed by atoms with van der Waals surface area (Å²) in [6.45, 7) is 4.33. The highest BCUT2D eigenvalue weighted by Crippen LogP contribution is 2.23. The smallest absolute Gasteiger partial charge is 0.250 e. The number of carbonyl (C=O) groups excluding carboxylic acids is 1. The highest BCUT2D eigenvalue weighted by Gasteiger charge is 2.09. The molecule has 2 N–H and O–H groups in total. The number of aromatic nitrogens is 1. The second-order valence-electron chi connectivity index (χ2n) is 8.05. The van der Waals surface area contributed by atoms with E-state index in [1.807, 2.05) is 60.7 Å². The van der Waals surface area contributed by atoms with Gasteiger partial charge in [-0.1, -0.05) is 62.4 Å². The molecular weight excluding hydrogens is 430 g/mol. The number of thiocarbonyl (C=S) groups is 1. The van der Waals surface area contributed by atoms with Crippen LogP contribution < -0.4 is 10.6 Å². The molecule has 0 spiro atoms. The maximum absolute atomic E-state index is 12.1. The molecule has 5 nitrogen and oxygen atoms in total. The van der Waals surface area contributed by atoms with Gasteiger partial charge in [0.05, 0.1) is 0 Å². The van der Waals surface area contributed by atoms with Crippen molar-refractivity contribution < 1.29 is 9.21 Å².